The minimum atomic E-state index is -4.67. The van der Waals surface area contributed by atoms with Gasteiger partial charge in [0.05, 0.1) is 0 Å². The molecular weight excluding hydrogens is 825 g/mol. The van der Waals surface area contributed by atoms with Crippen LogP contribution in [0.1, 0.15) is 21.4 Å². The van der Waals surface area contributed by atoms with E-state index in [1.807, 2.05) is 0 Å². The van der Waals surface area contributed by atoms with E-state index in [1.165, 1.54) is 0 Å². The Morgan fingerprint density at radius 3 is 0.200 bits per heavy atom. The predicted molar refractivity (Wildman–Crippen MR) is 87.6 cm³/mol. The van der Waals surface area contributed by atoms with Crippen LogP contribution in [0.2, 0.25) is 0 Å². The second-order valence-corrected chi connectivity index (χ2v) is 6.72. The molecule has 0 aliphatic carbocycles. The van der Waals surface area contributed by atoms with Crippen LogP contribution < -0.4 is 443 Å². The Morgan fingerprint density at radius 2 is 0.200 bits per heavy atom. The van der Waals surface area contributed by atoms with Gasteiger partial charge in [-0.2, -0.15) is 42.1 Å². The average molecular weight is 850 g/mol. The molecule has 20 nitrogen and oxygen atoms in total. The third-order valence-electron chi connectivity index (χ3n) is 0. The fourth-order valence-electron chi connectivity index (χ4n) is 0. The standard InChI is InChI=1S/15Na.5H2O4S.15H/c;;;;;;;;;;;;;;;5*1-5(2,3)4;;;;;;;;;;;;;;;/h;;;;;;;;;;;;;;;5*(H2,1,2,3,4);;;;;;;;;;;;;;;/q15*+1;;;;;;15*-1. The van der Waals surface area contributed by atoms with E-state index in [0.717, 1.165) is 0 Å². The zero-order valence-electron chi connectivity index (χ0n) is 40.6. The molecule has 0 spiro atoms. The second-order valence-electron chi connectivity index (χ2n) is 2.24. The molecule has 0 heterocycles. The molecule has 0 aromatic rings. The molecule has 0 radical (unpaired) electrons. The van der Waals surface area contributed by atoms with Crippen molar-refractivity contribution in [3.63, 3.8) is 0 Å². The summed E-state index contributed by atoms with van der Waals surface area (Å²) in [7, 11) is -23.3. The third kappa shape index (κ3) is 670. The molecular formula is H25Na15O20S5. The van der Waals surface area contributed by atoms with Crippen molar-refractivity contribution in [3.05, 3.63) is 0 Å². The van der Waals surface area contributed by atoms with Crippen molar-refractivity contribution in [2.45, 2.75) is 0 Å². The molecule has 0 bridgehead atoms. The van der Waals surface area contributed by atoms with Crippen molar-refractivity contribution in [1.29, 1.82) is 0 Å². The van der Waals surface area contributed by atoms with Crippen LogP contribution in [0.25, 0.3) is 0 Å². The Morgan fingerprint density at radius 1 is 0.200 bits per heavy atom. The van der Waals surface area contributed by atoms with Gasteiger partial charge in [0, 0.05) is 0 Å². The van der Waals surface area contributed by atoms with Crippen LogP contribution in [-0.4, -0.2) is 87.6 Å². The quantitative estimate of drug-likeness (QED) is 0.0799. The zero-order valence-corrected chi connectivity index (χ0v) is 59.7. The number of rotatable bonds is 0. The molecule has 40 heteroatoms. The van der Waals surface area contributed by atoms with Crippen molar-refractivity contribution in [3.8, 4) is 0 Å². The van der Waals surface area contributed by atoms with Crippen LogP contribution in [0.5, 0.6) is 0 Å². The Labute approximate surface area is 588 Å². The molecule has 0 aromatic carbocycles. The summed E-state index contributed by atoms with van der Waals surface area (Å²) < 4.78 is 158. The maximum Gasteiger partial charge on any atom is 1.00 e. The Kier molecular flexibility index (Phi) is 244. The summed E-state index contributed by atoms with van der Waals surface area (Å²) in [4.78, 5) is 0. The van der Waals surface area contributed by atoms with Gasteiger partial charge in [0.25, 0.3) is 0 Å². The Bertz CT molecular complexity index is 693. The molecule has 40 heavy (non-hydrogen) atoms. The van der Waals surface area contributed by atoms with Gasteiger partial charge in [0.2, 0.25) is 0 Å². The van der Waals surface area contributed by atoms with Crippen molar-refractivity contribution in [2.75, 3.05) is 0 Å². The van der Waals surface area contributed by atoms with Crippen LogP contribution in [0, 0.1) is 0 Å². The van der Waals surface area contributed by atoms with Gasteiger partial charge < -0.3 is 21.4 Å². The minimum absolute atomic E-state index is 0. The van der Waals surface area contributed by atoms with Gasteiger partial charge in [-0.1, -0.05) is 0 Å². The minimum Gasteiger partial charge on any atom is -1.00 e. The van der Waals surface area contributed by atoms with Crippen LogP contribution >= 0.6 is 0 Å². The molecule has 0 amide bonds. The first-order valence-corrected chi connectivity index (χ1v) is 10.5. The molecule has 10 N–H and O–H groups in total. The van der Waals surface area contributed by atoms with Gasteiger partial charge in [-0.15, -0.1) is 0 Å². The largest absolute Gasteiger partial charge is 1.00 e. The molecule has 0 aliphatic heterocycles. The van der Waals surface area contributed by atoms with Gasteiger partial charge >= 0.3 is 495 Å². The van der Waals surface area contributed by atoms with Crippen LogP contribution in [0.15, 0.2) is 0 Å². The molecule has 0 atom stereocenters. The first kappa shape index (κ1) is 131. The Balaban J connectivity index is -0.00000000242. The smallest absolute Gasteiger partial charge is 1.00 e. The SMILES string of the molecule is O=S(=O)(O)O.O=S(=O)(O)O.O=S(=O)(O)O.O=S(=O)(O)O.O=S(=O)(O)O.[H-].[H-].[H-].[H-].[H-].[H-].[H-].[H-].[H-].[H-].[H-].[H-].[H-].[H-].[H-].[Na+].[Na+].[Na+].[Na+].[Na+].[Na+].[Na+].[Na+].[Na+].[Na+].[Na+].[Na+].[Na+].[Na+].[Na+]. The summed E-state index contributed by atoms with van der Waals surface area (Å²) in [5.74, 6) is 0. The summed E-state index contributed by atoms with van der Waals surface area (Å²) in [6.07, 6.45) is 0. The maximum atomic E-state index is 8.74. The van der Waals surface area contributed by atoms with E-state index in [4.69, 9.17) is 87.6 Å². The summed E-state index contributed by atoms with van der Waals surface area (Å²) >= 11 is 0. The van der Waals surface area contributed by atoms with E-state index in [2.05, 4.69) is 0 Å². The molecule has 0 saturated heterocycles. The average Bonchev–Trinajstić information content (AvgIpc) is 1.79. The summed E-state index contributed by atoms with van der Waals surface area (Å²) in [5.41, 5.74) is 0. The van der Waals surface area contributed by atoms with E-state index >= 15 is 0 Å². The second kappa shape index (κ2) is 74.3. The van der Waals surface area contributed by atoms with Gasteiger partial charge in [0.15, 0.2) is 0 Å². The molecule has 0 fully saturated rings. The number of hydrogen-bond donors (Lipinski definition) is 10. The maximum absolute atomic E-state index is 8.74. The van der Waals surface area contributed by atoms with E-state index in [0.29, 0.717) is 0 Å². The molecule has 0 aromatic heterocycles. The van der Waals surface area contributed by atoms with Crippen molar-refractivity contribution >= 4 is 52.0 Å². The van der Waals surface area contributed by atoms with Crippen molar-refractivity contribution < 1.29 is 552 Å². The third-order valence-corrected chi connectivity index (χ3v) is 0. The van der Waals surface area contributed by atoms with E-state index in [9.17, 15) is 0 Å². The Hall–Kier alpha value is 14.3. The van der Waals surface area contributed by atoms with E-state index in [-0.39, 0.29) is 465 Å². The predicted octanol–water partition coefficient (Wildman–Crippen LogP) is -46.5. The topological polar surface area (TPSA) is 373 Å². The molecule has 0 saturated carbocycles. The van der Waals surface area contributed by atoms with Crippen LogP contribution in [0.3, 0.4) is 0 Å². The van der Waals surface area contributed by atoms with Crippen LogP contribution in [-0.2, 0) is 52.0 Å². The first-order chi connectivity index (χ1) is 10.0. The van der Waals surface area contributed by atoms with Gasteiger partial charge in [-0.05, 0) is 0 Å². The molecule has 0 rings (SSSR count). The molecule has 190 valence electrons. The molecule has 0 aliphatic rings. The van der Waals surface area contributed by atoms with Gasteiger partial charge in [-0.3, -0.25) is 45.5 Å². The molecule has 0 unspecified atom stereocenters. The monoisotopic (exact) mass is 850 g/mol. The summed E-state index contributed by atoms with van der Waals surface area (Å²) in [6.45, 7) is 0. The fourth-order valence-corrected chi connectivity index (χ4v) is 0. The fraction of sp³-hybridized carbons (Fsp3) is 0. The summed E-state index contributed by atoms with van der Waals surface area (Å²) in [6, 6.07) is 0. The summed E-state index contributed by atoms with van der Waals surface area (Å²) in [5, 5.41) is 0. The zero-order chi connectivity index (χ0) is 22.5. The van der Waals surface area contributed by atoms with Crippen molar-refractivity contribution in [2.24, 2.45) is 0 Å². The van der Waals surface area contributed by atoms with E-state index < -0.39 is 52.0 Å². The van der Waals surface area contributed by atoms with E-state index in [1.54, 1.807) is 0 Å². The normalized spacial score (nSPS) is 7.25. The van der Waals surface area contributed by atoms with Gasteiger partial charge in [0.1, 0.15) is 0 Å². The van der Waals surface area contributed by atoms with Crippen molar-refractivity contribution in [1.82, 2.24) is 0 Å². The van der Waals surface area contributed by atoms with Gasteiger partial charge in [-0.25, -0.2) is 0 Å². The number of hydrogen-bond acceptors (Lipinski definition) is 10. The first-order valence-electron chi connectivity index (χ1n) is 3.49. The van der Waals surface area contributed by atoms with Crippen LogP contribution in [0.4, 0.5) is 0 Å².